The van der Waals surface area contributed by atoms with Gasteiger partial charge in [0.25, 0.3) is 11.9 Å². The van der Waals surface area contributed by atoms with E-state index in [1.165, 1.54) is 4.68 Å². The number of benzene rings is 1. The number of hydrogen-bond donors (Lipinski definition) is 1. The monoisotopic (exact) mass is 447 g/mol. The molecular formula is C23H25N7O3. The Hall–Kier alpha value is -4.21. The van der Waals surface area contributed by atoms with Crippen molar-refractivity contribution in [3.05, 3.63) is 59.3 Å². The number of carbonyl (C=O) groups excluding carboxylic acids is 1. The molecule has 1 aromatic carbocycles. The first-order valence-corrected chi connectivity index (χ1v) is 10.3. The standard InChI is InChI=1S/C23H25N7O3/c1-13-14(2)27-30(15(13)3)23-24-11-16(12-25-23)26-22(31)20-10-19(28-29(20)4)18-9-17(32-5)7-8-21(18)33-6/h7-12H,1-6H3,(H,26,31). The molecule has 3 heterocycles. The zero-order valence-corrected chi connectivity index (χ0v) is 19.4. The number of amides is 1. The number of aromatic nitrogens is 6. The molecule has 0 fully saturated rings. The van der Waals surface area contributed by atoms with Crippen LogP contribution in [0.25, 0.3) is 17.2 Å². The molecule has 10 heteroatoms. The highest BCUT2D eigenvalue weighted by Crippen LogP contribution is 2.33. The quantitative estimate of drug-likeness (QED) is 0.483. The molecule has 0 unspecified atom stereocenters. The molecule has 0 aliphatic heterocycles. The van der Waals surface area contributed by atoms with E-state index >= 15 is 0 Å². The van der Waals surface area contributed by atoms with E-state index in [0.717, 1.165) is 22.5 Å². The van der Waals surface area contributed by atoms with Crippen LogP contribution in [-0.2, 0) is 7.05 Å². The van der Waals surface area contributed by atoms with Crippen molar-refractivity contribution in [2.75, 3.05) is 19.5 Å². The third-order valence-corrected chi connectivity index (χ3v) is 5.53. The molecule has 0 bridgehead atoms. The topological polar surface area (TPSA) is 109 Å². The van der Waals surface area contributed by atoms with Gasteiger partial charge in [0.05, 0.1) is 43.7 Å². The SMILES string of the molecule is COc1ccc(OC)c(-c2cc(C(=O)Nc3cnc(-n4nc(C)c(C)c4C)nc3)n(C)n2)c1. The van der Waals surface area contributed by atoms with Gasteiger partial charge in [0.15, 0.2) is 0 Å². The molecule has 1 amide bonds. The van der Waals surface area contributed by atoms with Gasteiger partial charge in [-0.05, 0) is 50.6 Å². The van der Waals surface area contributed by atoms with Crippen LogP contribution in [0.2, 0.25) is 0 Å². The van der Waals surface area contributed by atoms with Gasteiger partial charge in [0, 0.05) is 18.3 Å². The second kappa shape index (κ2) is 8.73. The molecule has 170 valence electrons. The van der Waals surface area contributed by atoms with E-state index in [0.29, 0.717) is 34.5 Å². The highest BCUT2D eigenvalue weighted by molar-refractivity contribution is 6.03. The third kappa shape index (κ3) is 4.14. The van der Waals surface area contributed by atoms with Gasteiger partial charge < -0.3 is 14.8 Å². The average Bonchev–Trinajstić information content (AvgIpc) is 3.34. The first-order chi connectivity index (χ1) is 15.8. The highest BCUT2D eigenvalue weighted by Gasteiger charge is 2.18. The van der Waals surface area contributed by atoms with E-state index in [1.54, 1.807) is 56.5 Å². The first kappa shape index (κ1) is 22.0. The summed E-state index contributed by atoms with van der Waals surface area (Å²) >= 11 is 0. The summed E-state index contributed by atoms with van der Waals surface area (Å²) in [4.78, 5) is 21.6. The van der Waals surface area contributed by atoms with E-state index in [-0.39, 0.29) is 5.91 Å². The molecule has 3 aromatic heterocycles. The van der Waals surface area contributed by atoms with Crippen molar-refractivity contribution < 1.29 is 14.3 Å². The molecule has 0 saturated heterocycles. The maximum Gasteiger partial charge on any atom is 0.274 e. The summed E-state index contributed by atoms with van der Waals surface area (Å²) in [5.74, 6) is 1.40. The van der Waals surface area contributed by atoms with Gasteiger partial charge in [-0.3, -0.25) is 9.48 Å². The van der Waals surface area contributed by atoms with Gasteiger partial charge >= 0.3 is 0 Å². The molecule has 33 heavy (non-hydrogen) atoms. The Balaban J connectivity index is 1.56. The van der Waals surface area contributed by atoms with Crippen molar-refractivity contribution in [3.63, 3.8) is 0 Å². The zero-order chi connectivity index (χ0) is 23.7. The first-order valence-electron chi connectivity index (χ1n) is 10.3. The van der Waals surface area contributed by atoms with Crippen molar-refractivity contribution >= 4 is 11.6 Å². The Morgan fingerprint density at radius 2 is 1.73 bits per heavy atom. The Labute approximate surface area is 191 Å². The van der Waals surface area contributed by atoms with Gasteiger partial charge in [-0.2, -0.15) is 10.2 Å². The number of aryl methyl sites for hydroxylation is 2. The van der Waals surface area contributed by atoms with E-state index in [4.69, 9.17) is 9.47 Å². The number of hydrogen-bond acceptors (Lipinski definition) is 7. The highest BCUT2D eigenvalue weighted by atomic mass is 16.5. The Bertz CT molecular complexity index is 1320. The van der Waals surface area contributed by atoms with E-state index in [2.05, 4.69) is 25.5 Å². The Morgan fingerprint density at radius 1 is 1.00 bits per heavy atom. The molecule has 1 N–H and O–H groups in total. The van der Waals surface area contributed by atoms with Crippen molar-refractivity contribution in [2.45, 2.75) is 20.8 Å². The minimum absolute atomic E-state index is 0.337. The van der Waals surface area contributed by atoms with Crippen LogP contribution in [0, 0.1) is 20.8 Å². The summed E-state index contributed by atoms with van der Waals surface area (Å²) in [6, 6.07) is 7.11. The maximum atomic E-state index is 12.9. The number of carbonyl (C=O) groups is 1. The fourth-order valence-corrected chi connectivity index (χ4v) is 3.43. The minimum atomic E-state index is -0.337. The van der Waals surface area contributed by atoms with E-state index in [9.17, 15) is 4.79 Å². The lowest BCUT2D eigenvalue weighted by atomic mass is 10.1. The van der Waals surface area contributed by atoms with Crippen molar-refractivity contribution in [1.29, 1.82) is 0 Å². The van der Waals surface area contributed by atoms with Gasteiger partial charge in [0.2, 0.25) is 0 Å². The van der Waals surface area contributed by atoms with Gasteiger partial charge in [-0.25, -0.2) is 14.6 Å². The van der Waals surface area contributed by atoms with Crippen molar-refractivity contribution in [3.8, 4) is 28.7 Å². The van der Waals surface area contributed by atoms with Crippen molar-refractivity contribution in [2.24, 2.45) is 7.05 Å². The predicted molar refractivity (Wildman–Crippen MR) is 123 cm³/mol. The van der Waals surface area contributed by atoms with Crippen LogP contribution in [0.1, 0.15) is 27.4 Å². The van der Waals surface area contributed by atoms with Gasteiger partial charge in [-0.1, -0.05) is 0 Å². The fraction of sp³-hybridized carbons (Fsp3) is 0.261. The lowest BCUT2D eigenvalue weighted by Gasteiger charge is -2.08. The minimum Gasteiger partial charge on any atom is -0.497 e. The zero-order valence-electron chi connectivity index (χ0n) is 19.4. The largest absolute Gasteiger partial charge is 0.497 e. The van der Waals surface area contributed by atoms with E-state index in [1.807, 2.05) is 26.8 Å². The molecule has 0 aliphatic carbocycles. The molecule has 0 atom stereocenters. The van der Waals surface area contributed by atoms with Crippen LogP contribution in [0.4, 0.5) is 5.69 Å². The predicted octanol–water partition coefficient (Wildman–Crippen LogP) is 3.26. The number of anilines is 1. The summed E-state index contributed by atoms with van der Waals surface area (Å²) < 4.78 is 13.9. The summed E-state index contributed by atoms with van der Waals surface area (Å²) in [7, 11) is 4.88. The summed E-state index contributed by atoms with van der Waals surface area (Å²) in [6.45, 7) is 5.91. The lowest BCUT2D eigenvalue weighted by Crippen LogP contribution is -2.16. The van der Waals surface area contributed by atoms with Crippen LogP contribution in [-0.4, -0.2) is 49.7 Å². The smallest absolute Gasteiger partial charge is 0.274 e. The number of nitrogens with one attached hydrogen (secondary N) is 1. The maximum absolute atomic E-state index is 12.9. The molecule has 4 rings (SSSR count). The number of methoxy groups -OCH3 is 2. The molecule has 0 spiro atoms. The van der Waals surface area contributed by atoms with Crippen molar-refractivity contribution in [1.82, 2.24) is 29.5 Å². The van der Waals surface area contributed by atoms with Crippen LogP contribution >= 0.6 is 0 Å². The number of rotatable bonds is 6. The fourth-order valence-electron chi connectivity index (χ4n) is 3.43. The van der Waals surface area contributed by atoms with Crippen LogP contribution in [0.3, 0.4) is 0 Å². The Kier molecular flexibility index (Phi) is 5.82. The normalized spacial score (nSPS) is 10.8. The second-order valence-electron chi connectivity index (χ2n) is 7.54. The molecule has 4 aromatic rings. The second-order valence-corrected chi connectivity index (χ2v) is 7.54. The van der Waals surface area contributed by atoms with Crippen LogP contribution < -0.4 is 14.8 Å². The number of nitrogens with zero attached hydrogens (tertiary/aromatic N) is 6. The number of ether oxygens (including phenoxy) is 2. The van der Waals surface area contributed by atoms with Crippen LogP contribution in [0.5, 0.6) is 11.5 Å². The molecular weight excluding hydrogens is 422 g/mol. The Morgan fingerprint density at radius 3 is 2.33 bits per heavy atom. The van der Waals surface area contributed by atoms with Gasteiger partial charge in [0.1, 0.15) is 17.2 Å². The average molecular weight is 447 g/mol. The molecule has 0 aliphatic rings. The van der Waals surface area contributed by atoms with E-state index < -0.39 is 0 Å². The summed E-state index contributed by atoms with van der Waals surface area (Å²) in [5.41, 5.74) is 5.13. The summed E-state index contributed by atoms with van der Waals surface area (Å²) in [5, 5.41) is 11.8. The molecule has 10 nitrogen and oxygen atoms in total. The van der Waals surface area contributed by atoms with Crippen LogP contribution in [0.15, 0.2) is 36.7 Å². The summed E-state index contributed by atoms with van der Waals surface area (Å²) in [6.07, 6.45) is 3.10. The molecule has 0 saturated carbocycles. The third-order valence-electron chi connectivity index (χ3n) is 5.53. The molecule has 0 radical (unpaired) electrons. The van der Waals surface area contributed by atoms with Gasteiger partial charge in [-0.15, -0.1) is 0 Å². The lowest BCUT2D eigenvalue weighted by molar-refractivity contribution is 0.101.